The number of carbonyl (C=O) groups excluding carboxylic acids is 3. The minimum Gasteiger partial charge on any atom is -0.339 e. The van der Waals surface area contributed by atoms with Crippen molar-refractivity contribution in [2.45, 2.75) is 38.1 Å². The molecule has 3 aliphatic rings. The number of likely N-dealkylation sites (tertiary alicyclic amines) is 1. The molecule has 1 unspecified atom stereocenters. The summed E-state index contributed by atoms with van der Waals surface area (Å²) < 4.78 is 0. The zero-order chi connectivity index (χ0) is 23.5. The molecular formula is C25H30N6O3. The summed E-state index contributed by atoms with van der Waals surface area (Å²) in [7, 11) is 0. The number of amides is 3. The molecule has 3 heterocycles. The second-order valence-electron chi connectivity index (χ2n) is 9.24. The van der Waals surface area contributed by atoms with E-state index in [1.54, 1.807) is 23.4 Å². The maximum absolute atomic E-state index is 12.8. The van der Waals surface area contributed by atoms with Gasteiger partial charge in [-0.05, 0) is 49.4 Å². The van der Waals surface area contributed by atoms with Gasteiger partial charge in [0.1, 0.15) is 6.04 Å². The molecule has 0 bridgehead atoms. The first-order chi connectivity index (χ1) is 16.6. The van der Waals surface area contributed by atoms with Crippen LogP contribution in [0, 0.1) is 5.92 Å². The van der Waals surface area contributed by atoms with Crippen molar-refractivity contribution in [2.75, 3.05) is 42.9 Å². The van der Waals surface area contributed by atoms with Crippen molar-refractivity contribution in [1.82, 2.24) is 19.8 Å². The Bertz CT molecular complexity index is 1030. The van der Waals surface area contributed by atoms with Gasteiger partial charge >= 0.3 is 0 Å². The normalized spacial score (nSPS) is 20.4. The highest BCUT2D eigenvalue weighted by Crippen LogP contribution is 2.34. The summed E-state index contributed by atoms with van der Waals surface area (Å²) in [6, 6.07) is 8.82. The molecule has 0 spiro atoms. The van der Waals surface area contributed by atoms with Crippen LogP contribution in [0.5, 0.6) is 0 Å². The molecule has 2 aromatic rings. The number of rotatable bonds is 6. The molecule has 34 heavy (non-hydrogen) atoms. The van der Waals surface area contributed by atoms with E-state index in [4.69, 9.17) is 0 Å². The summed E-state index contributed by atoms with van der Waals surface area (Å²) in [5, 5.41) is 2.95. The first-order valence-corrected chi connectivity index (χ1v) is 12.1. The van der Waals surface area contributed by atoms with Crippen molar-refractivity contribution >= 4 is 29.4 Å². The number of hydrogen-bond acceptors (Lipinski definition) is 6. The molecule has 9 heteroatoms. The summed E-state index contributed by atoms with van der Waals surface area (Å²) in [5.41, 5.74) is 1.59. The van der Waals surface area contributed by atoms with Crippen molar-refractivity contribution in [1.29, 1.82) is 0 Å². The van der Waals surface area contributed by atoms with Gasteiger partial charge in [-0.2, -0.15) is 0 Å². The van der Waals surface area contributed by atoms with Crippen LogP contribution in [0.4, 0.5) is 11.6 Å². The highest BCUT2D eigenvalue weighted by molar-refractivity contribution is 5.98. The van der Waals surface area contributed by atoms with Crippen molar-refractivity contribution in [3.63, 3.8) is 0 Å². The van der Waals surface area contributed by atoms with E-state index in [0.29, 0.717) is 57.2 Å². The fourth-order valence-electron chi connectivity index (χ4n) is 4.70. The lowest BCUT2D eigenvalue weighted by atomic mass is 10.1. The van der Waals surface area contributed by atoms with E-state index in [2.05, 4.69) is 20.2 Å². The summed E-state index contributed by atoms with van der Waals surface area (Å²) in [6.07, 6.45) is 7.24. The van der Waals surface area contributed by atoms with Crippen LogP contribution in [-0.2, 0) is 20.8 Å². The molecule has 1 atom stereocenters. The van der Waals surface area contributed by atoms with Crippen molar-refractivity contribution < 1.29 is 14.4 Å². The summed E-state index contributed by atoms with van der Waals surface area (Å²) in [5.74, 6) is 0.912. The summed E-state index contributed by atoms with van der Waals surface area (Å²) in [6.45, 7) is 3.37. The van der Waals surface area contributed by atoms with Crippen LogP contribution in [0.2, 0.25) is 0 Å². The largest absolute Gasteiger partial charge is 0.339 e. The Balaban J connectivity index is 1.11. The molecule has 1 aromatic heterocycles. The summed E-state index contributed by atoms with van der Waals surface area (Å²) >= 11 is 0. The maximum Gasteiger partial charge on any atom is 0.247 e. The van der Waals surface area contributed by atoms with Gasteiger partial charge in [0, 0.05) is 56.7 Å². The standard InChI is InChI=1S/C25H30N6O3/c32-22(29-13-15-30(16-14-29)25-26-10-2-11-27-25)17-18-4-8-20(9-5-18)28-23(33)21-3-1-12-31(21)24(34)19-6-7-19/h2,4-5,8-11,19,21H,1,3,6-7,12-17H2,(H,28,33). The van der Waals surface area contributed by atoms with Crippen LogP contribution in [0.3, 0.4) is 0 Å². The minimum absolute atomic E-state index is 0.0885. The van der Waals surface area contributed by atoms with E-state index in [9.17, 15) is 14.4 Å². The molecule has 0 radical (unpaired) electrons. The Morgan fingerprint density at radius 2 is 1.62 bits per heavy atom. The average molecular weight is 463 g/mol. The molecule has 1 aromatic carbocycles. The Morgan fingerprint density at radius 3 is 2.29 bits per heavy atom. The van der Waals surface area contributed by atoms with Crippen LogP contribution in [-0.4, -0.2) is 76.3 Å². The van der Waals surface area contributed by atoms with Crippen LogP contribution in [0.1, 0.15) is 31.2 Å². The van der Waals surface area contributed by atoms with E-state index < -0.39 is 0 Å². The first kappa shape index (κ1) is 22.3. The number of piperazine rings is 1. The molecule has 9 nitrogen and oxygen atoms in total. The molecular weight excluding hydrogens is 432 g/mol. The van der Waals surface area contributed by atoms with Crippen LogP contribution in [0.25, 0.3) is 0 Å². The van der Waals surface area contributed by atoms with Gasteiger partial charge in [-0.25, -0.2) is 9.97 Å². The fraction of sp³-hybridized carbons (Fsp3) is 0.480. The predicted octanol–water partition coefficient (Wildman–Crippen LogP) is 1.71. The van der Waals surface area contributed by atoms with Gasteiger partial charge in [-0.15, -0.1) is 0 Å². The quantitative estimate of drug-likeness (QED) is 0.702. The molecule has 3 fully saturated rings. The second kappa shape index (κ2) is 9.79. The van der Waals surface area contributed by atoms with Crippen molar-refractivity contribution in [2.24, 2.45) is 5.92 Å². The van der Waals surface area contributed by atoms with Crippen molar-refractivity contribution in [3.8, 4) is 0 Å². The van der Waals surface area contributed by atoms with Gasteiger partial charge in [0.2, 0.25) is 23.7 Å². The Hall–Kier alpha value is -3.49. The van der Waals surface area contributed by atoms with Gasteiger partial charge in [-0.3, -0.25) is 14.4 Å². The number of nitrogens with zero attached hydrogens (tertiary/aromatic N) is 5. The van der Waals surface area contributed by atoms with Crippen molar-refractivity contribution in [3.05, 3.63) is 48.3 Å². The Labute approximate surface area is 199 Å². The number of nitrogens with one attached hydrogen (secondary N) is 1. The topological polar surface area (TPSA) is 98.7 Å². The zero-order valence-electron chi connectivity index (χ0n) is 19.2. The second-order valence-corrected chi connectivity index (χ2v) is 9.24. The number of aromatic nitrogens is 2. The molecule has 5 rings (SSSR count). The molecule has 2 saturated heterocycles. The summed E-state index contributed by atoms with van der Waals surface area (Å²) in [4.78, 5) is 52.3. The lowest BCUT2D eigenvalue weighted by Gasteiger charge is -2.34. The number of hydrogen-bond donors (Lipinski definition) is 1. The van der Waals surface area contributed by atoms with E-state index >= 15 is 0 Å². The number of benzene rings is 1. The third kappa shape index (κ3) is 5.03. The lowest BCUT2D eigenvalue weighted by Crippen LogP contribution is -2.49. The van der Waals surface area contributed by atoms with Gasteiger partial charge in [0.25, 0.3) is 0 Å². The van der Waals surface area contributed by atoms with E-state index in [1.807, 2.05) is 29.2 Å². The molecule has 3 amide bonds. The van der Waals surface area contributed by atoms with E-state index in [0.717, 1.165) is 24.8 Å². The first-order valence-electron chi connectivity index (χ1n) is 12.1. The molecule has 2 aliphatic heterocycles. The van der Waals surface area contributed by atoms with E-state index in [1.165, 1.54) is 0 Å². The monoisotopic (exact) mass is 462 g/mol. The Kier molecular flexibility index (Phi) is 6.42. The minimum atomic E-state index is -0.380. The third-order valence-electron chi connectivity index (χ3n) is 6.81. The zero-order valence-corrected chi connectivity index (χ0v) is 19.2. The van der Waals surface area contributed by atoms with Crippen LogP contribution in [0.15, 0.2) is 42.7 Å². The number of carbonyl (C=O) groups is 3. The average Bonchev–Trinajstić information content (AvgIpc) is 3.61. The Morgan fingerprint density at radius 1 is 0.912 bits per heavy atom. The van der Waals surface area contributed by atoms with Crippen LogP contribution < -0.4 is 10.2 Å². The molecule has 1 aliphatic carbocycles. The highest BCUT2D eigenvalue weighted by atomic mass is 16.2. The maximum atomic E-state index is 12.8. The van der Waals surface area contributed by atoms with Gasteiger partial charge < -0.3 is 20.0 Å². The molecule has 1 saturated carbocycles. The lowest BCUT2D eigenvalue weighted by molar-refractivity contribution is -0.137. The smallest absolute Gasteiger partial charge is 0.247 e. The van der Waals surface area contributed by atoms with Crippen LogP contribution >= 0.6 is 0 Å². The number of anilines is 2. The van der Waals surface area contributed by atoms with Gasteiger partial charge in [-0.1, -0.05) is 12.1 Å². The third-order valence-corrected chi connectivity index (χ3v) is 6.81. The molecule has 1 N–H and O–H groups in total. The SMILES string of the molecule is O=C(Nc1ccc(CC(=O)N2CCN(c3ncccn3)CC2)cc1)C1CCCN1C(=O)C1CC1. The molecule has 178 valence electrons. The van der Waals surface area contributed by atoms with Gasteiger partial charge in [0.15, 0.2) is 0 Å². The highest BCUT2D eigenvalue weighted by Gasteiger charge is 2.40. The van der Waals surface area contributed by atoms with Gasteiger partial charge in [0.05, 0.1) is 6.42 Å². The fourth-order valence-corrected chi connectivity index (χ4v) is 4.70. The van der Waals surface area contributed by atoms with E-state index in [-0.39, 0.29) is 29.7 Å². The predicted molar refractivity (Wildman–Crippen MR) is 127 cm³/mol.